The first-order valence-corrected chi connectivity index (χ1v) is 8.36. The van der Waals surface area contributed by atoms with Crippen LogP contribution in [0.3, 0.4) is 0 Å². The second-order valence-electron chi connectivity index (χ2n) is 6.72. The van der Waals surface area contributed by atoms with Crippen LogP contribution >= 0.6 is 11.6 Å². The number of rotatable bonds is 5. The van der Waals surface area contributed by atoms with E-state index in [1.54, 1.807) is 6.92 Å². The van der Waals surface area contributed by atoms with Gasteiger partial charge in [0, 0.05) is 23.2 Å². The number of amides is 2. The number of carbonyl (C=O) groups is 2. The van der Waals surface area contributed by atoms with Crippen molar-refractivity contribution >= 4 is 29.5 Å². The summed E-state index contributed by atoms with van der Waals surface area (Å²) in [6, 6.07) is 2.87. The lowest BCUT2D eigenvalue weighted by molar-refractivity contribution is -0.137. The van der Waals surface area contributed by atoms with Crippen molar-refractivity contribution in [3.63, 3.8) is 0 Å². The van der Waals surface area contributed by atoms with Gasteiger partial charge in [0.2, 0.25) is 11.8 Å². The number of hydrogen-bond donors (Lipinski definition) is 1. The van der Waals surface area contributed by atoms with E-state index in [-0.39, 0.29) is 29.6 Å². The van der Waals surface area contributed by atoms with Gasteiger partial charge in [-0.25, -0.2) is 0 Å². The highest BCUT2D eigenvalue weighted by Crippen LogP contribution is 2.32. The Morgan fingerprint density at radius 3 is 2.35 bits per heavy atom. The maximum Gasteiger partial charge on any atom is 0.416 e. The lowest BCUT2D eigenvalue weighted by Gasteiger charge is -2.24. The molecule has 0 heterocycles. The number of hydrogen-bond acceptors (Lipinski definition) is 2. The molecule has 0 aliphatic heterocycles. The average molecular weight is 391 g/mol. The van der Waals surface area contributed by atoms with Crippen molar-refractivity contribution < 1.29 is 22.8 Å². The molecule has 0 fully saturated rings. The second-order valence-corrected chi connectivity index (χ2v) is 7.13. The summed E-state index contributed by atoms with van der Waals surface area (Å²) in [7, 11) is 0. The Morgan fingerprint density at radius 2 is 1.85 bits per heavy atom. The van der Waals surface area contributed by atoms with Gasteiger partial charge in [-0.3, -0.25) is 9.59 Å². The van der Waals surface area contributed by atoms with Gasteiger partial charge in [0.1, 0.15) is 0 Å². The van der Waals surface area contributed by atoms with Crippen LogP contribution in [0.15, 0.2) is 24.3 Å². The van der Waals surface area contributed by atoms with Crippen molar-refractivity contribution in [1.29, 1.82) is 0 Å². The summed E-state index contributed by atoms with van der Waals surface area (Å²) in [6.07, 6.45) is -2.18. The highest BCUT2D eigenvalue weighted by molar-refractivity contribution is 6.32. The Hall–Kier alpha value is -2.02. The smallest absolute Gasteiger partial charge is 0.350 e. The first kappa shape index (κ1) is 22.0. The van der Waals surface area contributed by atoms with Gasteiger partial charge in [-0.15, -0.1) is 0 Å². The molecule has 1 N–H and O–H groups in total. The number of nitrogens with one attached hydrogen (secondary N) is 1. The molecule has 1 aromatic rings. The van der Waals surface area contributed by atoms with Crippen molar-refractivity contribution in [3.05, 3.63) is 40.4 Å². The van der Waals surface area contributed by atoms with Gasteiger partial charge >= 0.3 is 6.18 Å². The Morgan fingerprint density at radius 1 is 1.23 bits per heavy atom. The first-order chi connectivity index (χ1) is 11.8. The van der Waals surface area contributed by atoms with Crippen LogP contribution in [-0.4, -0.2) is 35.3 Å². The maximum atomic E-state index is 12.8. The monoisotopic (exact) mass is 390 g/mol. The Balaban J connectivity index is 2.89. The lowest BCUT2D eigenvalue weighted by atomic mass is 10.1. The molecule has 26 heavy (non-hydrogen) atoms. The van der Waals surface area contributed by atoms with Crippen molar-refractivity contribution in [3.8, 4) is 0 Å². The zero-order valence-electron chi connectivity index (χ0n) is 15.1. The molecule has 0 aliphatic rings. The first-order valence-electron chi connectivity index (χ1n) is 7.98. The normalized spacial score (nSPS) is 12.3. The Kier molecular flexibility index (Phi) is 7.26. The molecule has 0 aromatic heterocycles. The van der Waals surface area contributed by atoms with E-state index in [2.05, 4.69) is 5.32 Å². The van der Waals surface area contributed by atoms with E-state index in [0.717, 1.165) is 24.3 Å². The molecule has 1 rings (SSSR count). The highest BCUT2D eigenvalue weighted by atomic mass is 35.5. The van der Waals surface area contributed by atoms with Crippen molar-refractivity contribution in [2.45, 2.75) is 39.4 Å². The summed E-state index contributed by atoms with van der Waals surface area (Å²) in [6.45, 7) is 7.29. The summed E-state index contributed by atoms with van der Waals surface area (Å²) in [5.41, 5.74) is -1.21. The quantitative estimate of drug-likeness (QED) is 0.768. The fraction of sp³-hybridized carbons (Fsp3) is 0.444. The summed E-state index contributed by atoms with van der Waals surface area (Å²) in [4.78, 5) is 25.5. The van der Waals surface area contributed by atoms with Gasteiger partial charge < -0.3 is 10.2 Å². The minimum atomic E-state index is -4.50. The van der Waals surface area contributed by atoms with Crippen LogP contribution in [0.5, 0.6) is 0 Å². The van der Waals surface area contributed by atoms with Crippen LogP contribution in [0.2, 0.25) is 5.02 Å². The van der Waals surface area contributed by atoms with Crippen LogP contribution in [0, 0.1) is 0 Å². The maximum absolute atomic E-state index is 12.8. The van der Waals surface area contributed by atoms with Gasteiger partial charge in [0.15, 0.2) is 0 Å². The third-order valence-electron chi connectivity index (χ3n) is 3.27. The molecule has 0 radical (unpaired) electrons. The number of benzene rings is 1. The standard InChI is InChI=1S/C18H22ClF3N2O2/c1-5-24(11-15(25)23-17(2,3)4)16(26)9-6-12-10-13(18(20,21)22)7-8-14(12)19/h6-10H,5,11H2,1-4H3,(H,23,25)/b9-6+. The molecule has 8 heteroatoms. The molecule has 144 valence electrons. The number of carbonyl (C=O) groups excluding carboxylic acids is 2. The zero-order chi connectivity index (χ0) is 20.1. The van der Waals surface area contributed by atoms with Crippen molar-refractivity contribution in [2.24, 2.45) is 0 Å². The second kappa shape index (κ2) is 8.58. The molecule has 0 spiro atoms. The molecule has 2 amide bonds. The van der Waals surface area contributed by atoms with Crippen LogP contribution in [0.25, 0.3) is 6.08 Å². The minimum Gasteiger partial charge on any atom is -0.350 e. The molecule has 1 aromatic carbocycles. The van der Waals surface area contributed by atoms with Crippen molar-refractivity contribution in [2.75, 3.05) is 13.1 Å². The van der Waals surface area contributed by atoms with Crippen LogP contribution in [0.1, 0.15) is 38.8 Å². The largest absolute Gasteiger partial charge is 0.416 e. The van der Waals surface area contributed by atoms with Gasteiger partial charge in [-0.05, 0) is 57.5 Å². The van der Waals surface area contributed by atoms with E-state index in [1.807, 2.05) is 20.8 Å². The molecular formula is C18H22ClF3N2O2. The van der Waals surface area contributed by atoms with Gasteiger partial charge in [0.05, 0.1) is 12.1 Å². The number of halogens is 4. The van der Waals surface area contributed by atoms with E-state index in [9.17, 15) is 22.8 Å². The molecule has 0 saturated heterocycles. The topological polar surface area (TPSA) is 49.4 Å². The predicted molar refractivity (Wildman–Crippen MR) is 95.6 cm³/mol. The minimum absolute atomic E-state index is 0.0741. The fourth-order valence-electron chi connectivity index (χ4n) is 2.09. The fourth-order valence-corrected chi connectivity index (χ4v) is 2.27. The predicted octanol–water partition coefficient (Wildman–Crippen LogP) is 4.14. The molecule has 0 bridgehead atoms. The Bertz CT molecular complexity index is 695. The number of likely N-dealkylation sites (N-methyl/N-ethyl adjacent to an activating group) is 1. The van der Waals surface area contributed by atoms with Gasteiger partial charge in [-0.1, -0.05) is 11.6 Å². The van der Waals surface area contributed by atoms with E-state index >= 15 is 0 Å². The third kappa shape index (κ3) is 7.07. The SMILES string of the molecule is CCN(CC(=O)NC(C)(C)C)C(=O)/C=C/c1cc(C(F)(F)F)ccc1Cl. The molecule has 4 nitrogen and oxygen atoms in total. The molecule has 0 aliphatic carbocycles. The van der Waals surface area contributed by atoms with Crippen LogP contribution in [0.4, 0.5) is 13.2 Å². The summed E-state index contributed by atoms with van der Waals surface area (Å²) >= 11 is 5.89. The molecule has 0 unspecified atom stereocenters. The van der Waals surface area contributed by atoms with Crippen LogP contribution in [-0.2, 0) is 15.8 Å². The Labute approximate surface area is 156 Å². The highest BCUT2D eigenvalue weighted by Gasteiger charge is 2.30. The number of nitrogens with zero attached hydrogens (tertiary/aromatic N) is 1. The van der Waals surface area contributed by atoms with Gasteiger partial charge in [-0.2, -0.15) is 13.2 Å². The van der Waals surface area contributed by atoms with E-state index in [0.29, 0.717) is 0 Å². The van der Waals surface area contributed by atoms with E-state index in [4.69, 9.17) is 11.6 Å². The van der Waals surface area contributed by atoms with Gasteiger partial charge in [0.25, 0.3) is 0 Å². The summed E-state index contributed by atoms with van der Waals surface area (Å²) < 4.78 is 38.3. The number of alkyl halides is 3. The zero-order valence-corrected chi connectivity index (χ0v) is 15.8. The van der Waals surface area contributed by atoms with Crippen LogP contribution < -0.4 is 5.32 Å². The summed E-state index contributed by atoms with van der Waals surface area (Å²) in [5.74, 6) is -0.816. The lowest BCUT2D eigenvalue weighted by Crippen LogP contribution is -2.47. The summed E-state index contributed by atoms with van der Waals surface area (Å²) in [5, 5.41) is 2.84. The third-order valence-corrected chi connectivity index (χ3v) is 3.62. The molecule has 0 atom stereocenters. The molecular weight excluding hydrogens is 369 g/mol. The molecule has 0 saturated carbocycles. The van der Waals surface area contributed by atoms with E-state index < -0.39 is 23.2 Å². The van der Waals surface area contributed by atoms with E-state index in [1.165, 1.54) is 11.0 Å². The average Bonchev–Trinajstić information content (AvgIpc) is 2.48. The van der Waals surface area contributed by atoms with Crippen molar-refractivity contribution in [1.82, 2.24) is 10.2 Å².